The molecule has 0 spiro atoms. The van der Waals surface area contributed by atoms with Crippen LogP contribution in [0.25, 0.3) is 0 Å². The predicted octanol–water partition coefficient (Wildman–Crippen LogP) is 2.92. The van der Waals surface area contributed by atoms with Crippen LogP contribution in [0.1, 0.15) is 31.1 Å². The first kappa shape index (κ1) is 15.5. The molecule has 2 aromatic rings. The van der Waals surface area contributed by atoms with Gasteiger partial charge in [-0.3, -0.25) is 4.98 Å². The quantitative estimate of drug-likeness (QED) is 0.890. The van der Waals surface area contributed by atoms with Gasteiger partial charge in [-0.25, -0.2) is 8.78 Å². The lowest BCUT2D eigenvalue weighted by Crippen LogP contribution is -2.36. The molecule has 0 saturated heterocycles. The van der Waals surface area contributed by atoms with Crippen molar-refractivity contribution in [3.05, 3.63) is 65.5 Å². The SMILES string of the molecule is CC(NCC(C)(O)c1ccc(F)cc1)c1ccc(F)cn1. The van der Waals surface area contributed by atoms with Gasteiger partial charge in [0.2, 0.25) is 0 Å². The second-order valence-electron chi connectivity index (χ2n) is 5.28. The summed E-state index contributed by atoms with van der Waals surface area (Å²) in [6, 6.07) is 8.54. The largest absolute Gasteiger partial charge is 0.384 e. The Kier molecular flexibility index (Phi) is 4.65. The molecule has 112 valence electrons. The van der Waals surface area contributed by atoms with Crippen molar-refractivity contribution in [2.75, 3.05) is 6.54 Å². The minimum atomic E-state index is -1.14. The lowest BCUT2D eigenvalue weighted by atomic mass is 9.95. The monoisotopic (exact) mass is 292 g/mol. The third kappa shape index (κ3) is 4.06. The van der Waals surface area contributed by atoms with Crippen molar-refractivity contribution in [1.29, 1.82) is 0 Å². The first-order valence-electron chi connectivity index (χ1n) is 6.72. The molecule has 0 aliphatic heterocycles. The molecular weight excluding hydrogens is 274 g/mol. The molecule has 0 aliphatic carbocycles. The van der Waals surface area contributed by atoms with E-state index in [1.54, 1.807) is 25.1 Å². The topological polar surface area (TPSA) is 45.1 Å². The molecule has 1 aromatic heterocycles. The average Bonchev–Trinajstić information content (AvgIpc) is 2.46. The third-order valence-electron chi connectivity index (χ3n) is 3.41. The molecule has 5 heteroatoms. The Balaban J connectivity index is 2.00. The Morgan fingerprint density at radius 3 is 2.33 bits per heavy atom. The zero-order chi connectivity index (χ0) is 15.5. The van der Waals surface area contributed by atoms with Crippen LogP contribution in [-0.2, 0) is 5.60 Å². The van der Waals surface area contributed by atoms with Gasteiger partial charge < -0.3 is 10.4 Å². The van der Waals surface area contributed by atoms with Crippen LogP contribution in [0, 0.1) is 11.6 Å². The van der Waals surface area contributed by atoms with Crippen LogP contribution in [0.2, 0.25) is 0 Å². The highest BCUT2D eigenvalue weighted by Crippen LogP contribution is 2.21. The Hall–Kier alpha value is -1.85. The van der Waals surface area contributed by atoms with Crippen molar-refractivity contribution in [1.82, 2.24) is 10.3 Å². The molecule has 0 fully saturated rings. The van der Waals surface area contributed by atoms with Gasteiger partial charge in [0.25, 0.3) is 0 Å². The molecule has 2 atom stereocenters. The molecule has 1 aromatic carbocycles. The number of aliphatic hydroxyl groups is 1. The lowest BCUT2D eigenvalue weighted by molar-refractivity contribution is 0.0541. The van der Waals surface area contributed by atoms with Crippen LogP contribution in [0.5, 0.6) is 0 Å². The first-order chi connectivity index (χ1) is 9.88. The van der Waals surface area contributed by atoms with Gasteiger partial charge in [0.05, 0.1) is 17.5 Å². The molecule has 0 bridgehead atoms. The number of nitrogens with zero attached hydrogens (tertiary/aromatic N) is 1. The van der Waals surface area contributed by atoms with E-state index in [4.69, 9.17) is 0 Å². The van der Waals surface area contributed by atoms with Crippen LogP contribution < -0.4 is 5.32 Å². The van der Waals surface area contributed by atoms with Gasteiger partial charge in [-0.15, -0.1) is 0 Å². The van der Waals surface area contributed by atoms with Crippen molar-refractivity contribution in [2.45, 2.75) is 25.5 Å². The summed E-state index contributed by atoms with van der Waals surface area (Å²) in [5, 5.41) is 13.6. The van der Waals surface area contributed by atoms with Gasteiger partial charge in [0.15, 0.2) is 0 Å². The summed E-state index contributed by atoms with van der Waals surface area (Å²) in [6.07, 6.45) is 1.16. The molecule has 21 heavy (non-hydrogen) atoms. The number of hydrogen-bond acceptors (Lipinski definition) is 3. The zero-order valence-corrected chi connectivity index (χ0v) is 12.0. The molecule has 0 saturated carbocycles. The van der Waals surface area contributed by atoms with Gasteiger partial charge in [0, 0.05) is 12.6 Å². The minimum Gasteiger partial charge on any atom is -0.384 e. The first-order valence-corrected chi connectivity index (χ1v) is 6.72. The zero-order valence-electron chi connectivity index (χ0n) is 12.0. The molecule has 2 unspecified atom stereocenters. The van der Waals surface area contributed by atoms with Crippen molar-refractivity contribution in [2.24, 2.45) is 0 Å². The standard InChI is InChI=1S/C16H18F2N2O/c1-11(15-8-7-14(18)9-19-15)20-10-16(2,21)12-3-5-13(17)6-4-12/h3-9,11,20-21H,10H2,1-2H3. The minimum absolute atomic E-state index is 0.141. The summed E-state index contributed by atoms with van der Waals surface area (Å²) in [6.45, 7) is 3.79. The Labute approximate surface area is 122 Å². The van der Waals surface area contributed by atoms with E-state index < -0.39 is 5.60 Å². The van der Waals surface area contributed by atoms with Crippen LogP contribution >= 0.6 is 0 Å². The molecule has 0 radical (unpaired) electrons. The summed E-state index contributed by atoms with van der Waals surface area (Å²) in [4.78, 5) is 3.99. The fourth-order valence-electron chi connectivity index (χ4n) is 2.01. The van der Waals surface area contributed by atoms with Gasteiger partial charge in [-0.05, 0) is 43.7 Å². The number of pyridine rings is 1. The maximum Gasteiger partial charge on any atom is 0.141 e. The summed E-state index contributed by atoms with van der Waals surface area (Å²) < 4.78 is 25.7. The molecule has 0 amide bonds. The second kappa shape index (κ2) is 6.28. The second-order valence-corrected chi connectivity index (χ2v) is 5.28. The van der Waals surface area contributed by atoms with Crippen LogP contribution in [0.4, 0.5) is 8.78 Å². The summed E-state index contributed by atoms with van der Waals surface area (Å²) in [5.74, 6) is -0.726. The van der Waals surface area contributed by atoms with E-state index in [0.717, 1.165) is 6.20 Å². The van der Waals surface area contributed by atoms with E-state index in [-0.39, 0.29) is 24.2 Å². The smallest absolute Gasteiger partial charge is 0.141 e. The highest BCUT2D eigenvalue weighted by atomic mass is 19.1. The van der Waals surface area contributed by atoms with Crippen LogP contribution in [0.15, 0.2) is 42.6 Å². The third-order valence-corrected chi connectivity index (χ3v) is 3.41. The molecular formula is C16H18F2N2O. The molecule has 2 rings (SSSR count). The van der Waals surface area contributed by atoms with Gasteiger partial charge >= 0.3 is 0 Å². The highest BCUT2D eigenvalue weighted by Gasteiger charge is 2.24. The highest BCUT2D eigenvalue weighted by molar-refractivity contribution is 5.23. The molecule has 3 nitrogen and oxygen atoms in total. The predicted molar refractivity (Wildman–Crippen MR) is 76.6 cm³/mol. The van der Waals surface area contributed by atoms with E-state index in [1.807, 2.05) is 6.92 Å². The fourth-order valence-corrected chi connectivity index (χ4v) is 2.01. The average molecular weight is 292 g/mol. The molecule has 0 aliphatic rings. The normalized spacial score (nSPS) is 15.5. The number of aromatic nitrogens is 1. The number of halogens is 2. The van der Waals surface area contributed by atoms with Crippen molar-refractivity contribution >= 4 is 0 Å². The van der Waals surface area contributed by atoms with Crippen molar-refractivity contribution < 1.29 is 13.9 Å². The number of hydrogen-bond donors (Lipinski definition) is 2. The van der Waals surface area contributed by atoms with Gasteiger partial charge in [-0.2, -0.15) is 0 Å². The maximum atomic E-state index is 12.9. The lowest BCUT2D eigenvalue weighted by Gasteiger charge is -2.26. The van der Waals surface area contributed by atoms with Crippen molar-refractivity contribution in [3.63, 3.8) is 0 Å². The summed E-state index contributed by atoms with van der Waals surface area (Å²) >= 11 is 0. The van der Waals surface area contributed by atoms with E-state index in [2.05, 4.69) is 10.3 Å². The molecule has 1 heterocycles. The summed E-state index contributed by atoms with van der Waals surface area (Å²) in [5.41, 5.74) is 0.170. The van der Waals surface area contributed by atoms with Crippen LogP contribution in [-0.4, -0.2) is 16.6 Å². The van der Waals surface area contributed by atoms with E-state index in [0.29, 0.717) is 11.3 Å². The number of rotatable bonds is 5. The van der Waals surface area contributed by atoms with Gasteiger partial charge in [0.1, 0.15) is 11.6 Å². The van der Waals surface area contributed by atoms with E-state index in [1.165, 1.54) is 18.2 Å². The van der Waals surface area contributed by atoms with E-state index in [9.17, 15) is 13.9 Å². The van der Waals surface area contributed by atoms with E-state index >= 15 is 0 Å². The van der Waals surface area contributed by atoms with Gasteiger partial charge in [-0.1, -0.05) is 12.1 Å². The maximum absolute atomic E-state index is 12.9. The summed E-state index contributed by atoms with van der Waals surface area (Å²) in [7, 11) is 0. The number of benzene rings is 1. The van der Waals surface area contributed by atoms with Crippen LogP contribution in [0.3, 0.4) is 0 Å². The fraction of sp³-hybridized carbons (Fsp3) is 0.312. The van der Waals surface area contributed by atoms with Crippen molar-refractivity contribution in [3.8, 4) is 0 Å². The Morgan fingerprint density at radius 1 is 1.14 bits per heavy atom. The Morgan fingerprint density at radius 2 is 1.76 bits per heavy atom. The molecule has 2 N–H and O–H groups in total. The Bertz CT molecular complexity index is 582. The number of nitrogens with one attached hydrogen (secondary N) is 1.